The Hall–Kier alpha value is -3.01. The predicted octanol–water partition coefficient (Wildman–Crippen LogP) is 4.49. The average molecular weight is 337 g/mol. The number of rotatable bonds is 5. The van der Waals surface area contributed by atoms with Gasteiger partial charge in [0, 0.05) is 6.54 Å². The Morgan fingerprint density at radius 2 is 1.40 bits per heavy atom. The largest absolute Gasteiger partial charge is 0.352 e. The van der Waals surface area contributed by atoms with Gasteiger partial charge in [-0.25, -0.2) is 8.78 Å². The smallest absolute Gasteiger partial charge is 0.224 e. The van der Waals surface area contributed by atoms with Gasteiger partial charge in [0.2, 0.25) is 5.91 Å². The maximum atomic E-state index is 13.1. The van der Waals surface area contributed by atoms with Crippen molar-refractivity contribution >= 4 is 5.91 Å². The molecule has 0 aliphatic heterocycles. The molecule has 3 aromatic carbocycles. The van der Waals surface area contributed by atoms with Gasteiger partial charge in [0.05, 0.1) is 6.42 Å². The van der Waals surface area contributed by atoms with Crippen LogP contribution in [0.3, 0.4) is 0 Å². The highest BCUT2D eigenvalue weighted by atomic mass is 19.1. The van der Waals surface area contributed by atoms with Crippen LogP contribution in [0.25, 0.3) is 11.1 Å². The summed E-state index contributed by atoms with van der Waals surface area (Å²) in [5, 5.41) is 2.78. The molecule has 0 saturated heterocycles. The molecule has 25 heavy (non-hydrogen) atoms. The molecular weight excluding hydrogens is 320 g/mol. The van der Waals surface area contributed by atoms with Gasteiger partial charge in [-0.15, -0.1) is 0 Å². The monoisotopic (exact) mass is 337 g/mol. The third kappa shape index (κ3) is 4.73. The van der Waals surface area contributed by atoms with Crippen LogP contribution in [0.4, 0.5) is 8.78 Å². The fraction of sp³-hybridized carbons (Fsp3) is 0.0952. The first-order chi connectivity index (χ1) is 12.1. The van der Waals surface area contributed by atoms with Crippen LogP contribution in [-0.4, -0.2) is 5.91 Å². The molecule has 0 heterocycles. The first-order valence-corrected chi connectivity index (χ1v) is 7.96. The number of benzene rings is 3. The van der Waals surface area contributed by atoms with Crippen molar-refractivity contribution in [1.29, 1.82) is 0 Å². The van der Waals surface area contributed by atoms with E-state index >= 15 is 0 Å². The van der Waals surface area contributed by atoms with Crippen molar-refractivity contribution in [3.8, 4) is 11.1 Å². The molecule has 0 aromatic heterocycles. The van der Waals surface area contributed by atoms with Crippen molar-refractivity contribution in [1.82, 2.24) is 5.32 Å². The van der Waals surface area contributed by atoms with E-state index in [1.165, 1.54) is 24.3 Å². The molecule has 0 aliphatic rings. The standard InChI is InChI=1S/C21H17F2NO/c22-19-10-8-18(9-11-19)17-6-4-15(5-7-17)13-21(25)24-14-16-2-1-3-20(23)12-16/h1-12H,13-14H2,(H,24,25). The summed E-state index contributed by atoms with van der Waals surface area (Å²) in [6.07, 6.45) is 0.249. The van der Waals surface area contributed by atoms with Crippen molar-refractivity contribution in [2.45, 2.75) is 13.0 Å². The van der Waals surface area contributed by atoms with E-state index in [0.29, 0.717) is 6.54 Å². The van der Waals surface area contributed by atoms with Gasteiger partial charge in [0.1, 0.15) is 11.6 Å². The molecular formula is C21H17F2NO. The molecule has 4 heteroatoms. The van der Waals surface area contributed by atoms with E-state index in [1.807, 2.05) is 24.3 Å². The Bertz CT molecular complexity index is 858. The number of hydrogen-bond donors (Lipinski definition) is 1. The van der Waals surface area contributed by atoms with Crippen molar-refractivity contribution in [3.05, 3.63) is 95.6 Å². The molecule has 0 saturated carbocycles. The highest BCUT2D eigenvalue weighted by Crippen LogP contribution is 2.20. The van der Waals surface area contributed by atoms with Crippen LogP contribution >= 0.6 is 0 Å². The zero-order chi connectivity index (χ0) is 17.6. The van der Waals surface area contributed by atoms with Crippen LogP contribution < -0.4 is 5.32 Å². The van der Waals surface area contributed by atoms with Gasteiger partial charge in [0.15, 0.2) is 0 Å². The minimum Gasteiger partial charge on any atom is -0.352 e. The zero-order valence-corrected chi connectivity index (χ0v) is 13.5. The van der Waals surface area contributed by atoms with E-state index in [-0.39, 0.29) is 24.0 Å². The van der Waals surface area contributed by atoms with Gasteiger partial charge in [0.25, 0.3) is 0 Å². The first kappa shape index (κ1) is 16.8. The lowest BCUT2D eigenvalue weighted by Crippen LogP contribution is -2.24. The van der Waals surface area contributed by atoms with Gasteiger partial charge >= 0.3 is 0 Å². The van der Waals surface area contributed by atoms with Crippen molar-refractivity contribution in [2.24, 2.45) is 0 Å². The third-order valence-corrected chi connectivity index (χ3v) is 3.87. The van der Waals surface area contributed by atoms with E-state index in [0.717, 1.165) is 22.3 Å². The van der Waals surface area contributed by atoms with E-state index in [1.54, 1.807) is 24.3 Å². The van der Waals surface area contributed by atoms with Crippen molar-refractivity contribution in [3.63, 3.8) is 0 Å². The Labute approximate surface area is 145 Å². The van der Waals surface area contributed by atoms with Crippen LogP contribution in [0.5, 0.6) is 0 Å². The molecule has 1 N–H and O–H groups in total. The van der Waals surface area contributed by atoms with Crippen molar-refractivity contribution < 1.29 is 13.6 Å². The summed E-state index contributed by atoms with van der Waals surface area (Å²) < 4.78 is 26.1. The Morgan fingerprint density at radius 3 is 2.04 bits per heavy atom. The second kappa shape index (κ2) is 7.71. The lowest BCUT2D eigenvalue weighted by atomic mass is 10.0. The highest BCUT2D eigenvalue weighted by Gasteiger charge is 2.05. The summed E-state index contributed by atoms with van der Waals surface area (Å²) in [5.74, 6) is -0.711. The number of carbonyl (C=O) groups is 1. The quantitative estimate of drug-likeness (QED) is 0.730. The molecule has 3 aromatic rings. The van der Waals surface area contributed by atoms with Crippen LogP contribution in [0, 0.1) is 11.6 Å². The minimum absolute atomic E-state index is 0.126. The first-order valence-electron chi connectivity index (χ1n) is 7.96. The van der Waals surface area contributed by atoms with Gasteiger partial charge < -0.3 is 5.32 Å². The van der Waals surface area contributed by atoms with Crippen LogP contribution in [0.1, 0.15) is 11.1 Å². The highest BCUT2D eigenvalue weighted by molar-refractivity contribution is 5.78. The summed E-state index contributed by atoms with van der Waals surface area (Å²) in [7, 11) is 0. The minimum atomic E-state index is -0.317. The Morgan fingerprint density at radius 1 is 0.760 bits per heavy atom. The van der Waals surface area contributed by atoms with E-state index < -0.39 is 0 Å². The number of nitrogens with one attached hydrogen (secondary N) is 1. The molecule has 1 amide bonds. The molecule has 0 bridgehead atoms. The molecule has 0 spiro atoms. The maximum Gasteiger partial charge on any atom is 0.224 e. The second-order valence-electron chi connectivity index (χ2n) is 5.79. The Kier molecular flexibility index (Phi) is 5.19. The van der Waals surface area contributed by atoms with E-state index in [2.05, 4.69) is 5.32 Å². The fourth-order valence-corrected chi connectivity index (χ4v) is 2.55. The van der Waals surface area contributed by atoms with Crippen LogP contribution in [0.2, 0.25) is 0 Å². The zero-order valence-electron chi connectivity index (χ0n) is 13.5. The van der Waals surface area contributed by atoms with Gasteiger partial charge in [-0.05, 0) is 46.5 Å². The van der Waals surface area contributed by atoms with Gasteiger partial charge in [-0.2, -0.15) is 0 Å². The molecule has 2 nitrogen and oxygen atoms in total. The van der Waals surface area contributed by atoms with Crippen LogP contribution in [0.15, 0.2) is 72.8 Å². The Balaban J connectivity index is 1.57. The molecule has 0 radical (unpaired) electrons. The summed E-state index contributed by atoms with van der Waals surface area (Å²) >= 11 is 0. The predicted molar refractivity (Wildman–Crippen MR) is 93.8 cm³/mol. The lowest BCUT2D eigenvalue weighted by molar-refractivity contribution is -0.120. The number of carbonyl (C=O) groups excluding carboxylic acids is 1. The normalized spacial score (nSPS) is 10.5. The SMILES string of the molecule is O=C(Cc1ccc(-c2ccc(F)cc2)cc1)NCc1cccc(F)c1. The van der Waals surface area contributed by atoms with Crippen LogP contribution in [-0.2, 0) is 17.8 Å². The summed E-state index contributed by atoms with van der Waals surface area (Å²) in [6.45, 7) is 0.296. The number of amides is 1. The fourth-order valence-electron chi connectivity index (χ4n) is 2.55. The molecule has 126 valence electrons. The van der Waals surface area contributed by atoms with E-state index in [9.17, 15) is 13.6 Å². The topological polar surface area (TPSA) is 29.1 Å². The average Bonchev–Trinajstić information content (AvgIpc) is 2.62. The summed E-state index contributed by atoms with van der Waals surface area (Å²) in [6, 6.07) is 20.0. The lowest BCUT2D eigenvalue weighted by Gasteiger charge is -2.07. The number of hydrogen-bond acceptors (Lipinski definition) is 1. The molecule has 0 unspecified atom stereocenters. The molecule has 0 fully saturated rings. The second-order valence-corrected chi connectivity index (χ2v) is 5.79. The molecule has 0 aliphatic carbocycles. The van der Waals surface area contributed by atoms with Crippen molar-refractivity contribution in [2.75, 3.05) is 0 Å². The maximum absolute atomic E-state index is 13.1. The third-order valence-electron chi connectivity index (χ3n) is 3.87. The number of halogens is 2. The van der Waals surface area contributed by atoms with Gasteiger partial charge in [-0.3, -0.25) is 4.79 Å². The van der Waals surface area contributed by atoms with Gasteiger partial charge in [-0.1, -0.05) is 48.5 Å². The molecule has 0 atom stereocenters. The summed E-state index contributed by atoms with van der Waals surface area (Å²) in [4.78, 5) is 12.0. The molecule has 3 rings (SSSR count). The summed E-state index contributed by atoms with van der Waals surface area (Å²) in [5.41, 5.74) is 3.48. The van der Waals surface area contributed by atoms with E-state index in [4.69, 9.17) is 0 Å².